The molecule has 0 N–H and O–H groups in total. The first-order chi connectivity index (χ1) is 16.3. The van der Waals surface area contributed by atoms with Crippen LogP contribution >= 0.6 is 0 Å². The number of benzene rings is 2. The highest BCUT2D eigenvalue weighted by Crippen LogP contribution is 2.40. The van der Waals surface area contributed by atoms with Gasteiger partial charge < -0.3 is 23.7 Å². The van der Waals surface area contributed by atoms with E-state index in [-0.39, 0.29) is 36.1 Å². The lowest BCUT2D eigenvalue weighted by molar-refractivity contribution is -0.145. The zero-order chi connectivity index (χ0) is 25.1. The maximum Gasteiger partial charge on any atom is 0.344 e. The third kappa shape index (κ3) is 7.13. The lowest BCUT2D eigenvalue weighted by Gasteiger charge is -2.19. The Balaban J connectivity index is 2.57. The molecular weight excluding hydrogens is 436 g/mol. The summed E-state index contributed by atoms with van der Waals surface area (Å²) in [6.45, 7) is 5.53. The number of ether oxygens (including phenoxy) is 5. The van der Waals surface area contributed by atoms with E-state index in [0.717, 1.165) is 16.9 Å². The fourth-order valence-electron chi connectivity index (χ4n) is 3.19. The van der Waals surface area contributed by atoms with Crippen LogP contribution in [0, 0.1) is 0 Å². The fraction of sp³-hybridized carbons (Fsp3) is 0.333. The standard InChI is InChI=1S/C27H32O7/c1-7-33-25(29)17-34-27-21(14-8-18(2)3)23(31-5)16-24(32-6)26(27)22(28)15-11-19-9-12-20(30-4)13-10-19/h8-13,15-16H,7,14,17H2,1-6H3. The molecule has 0 heterocycles. The second-order valence-electron chi connectivity index (χ2n) is 7.51. The van der Waals surface area contributed by atoms with Crippen LogP contribution < -0.4 is 18.9 Å². The number of rotatable bonds is 12. The van der Waals surface area contributed by atoms with Crippen LogP contribution in [0.5, 0.6) is 23.0 Å². The van der Waals surface area contributed by atoms with Gasteiger partial charge in [-0.1, -0.05) is 29.9 Å². The van der Waals surface area contributed by atoms with E-state index in [9.17, 15) is 9.59 Å². The van der Waals surface area contributed by atoms with E-state index < -0.39 is 5.97 Å². The molecule has 2 aromatic carbocycles. The number of ketones is 1. The summed E-state index contributed by atoms with van der Waals surface area (Å²) in [6.07, 6.45) is 5.56. The molecule has 2 rings (SSSR count). The van der Waals surface area contributed by atoms with E-state index in [1.807, 2.05) is 44.2 Å². The van der Waals surface area contributed by atoms with Crippen molar-refractivity contribution in [3.63, 3.8) is 0 Å². The molecule has 0 fully saturated rings. The number of esters is 1. The Morgan fingerprint density at radius 3 is 2.18 bits per heavy atom. The molecule has 182 valence electrons. The Morgan fingerprint density at radius 1 is 0.941 bits per heavy atom. The van der Waals surface area contributed by atoms with Gasteiger partial charge in [-0.3, -0.25) is 4.79 Å². The SMILES string of the molecule is CCOC(=O)COc1c(CC=C(C)C)c(OC)cc(OC)c1C(=O)C=Cc1ccc(OC)cc1. The summed E-state index contributed by atoms with van der Waals surface area (Å²) in [5, 5.41) is 0. The van der Waals surface area contributed by atoms with Gasteiger partial charge in [-0.25, -0.2) is 4.79 Å². The highest BCUT2D eigenvalue weighted by molar-refractivity contribution is 6.11. The van der Waals surface area contributed by atoms with Crippen LogP contribution in [0.15, 0.2) is 48.1 Å². The van der Waals surface area contributed by atoms with Crippen LogP contribution in [0.2, 0.25) is 0 Å². The molecule has 0 bridgehead atoms. The third-order valence-electron chi connectivity index (χ3n) is 4.89. The minimum atomic E-state index is -0.537. The van der Waals surface area contributed by atoms with Gasteiger partial charge in [0, 0.05) is 11.6 Å². The van der Waals surface area contributed by atoms with E-state index in [0.29, 0.717) is 17.7 Å². The van der Waals surface area contributed by atoms with Crippen LogP contribution in [0.1, 0.15) is 42.3 Å². The van der Waals surface area contributed by atoms with E-state index in [1.54, 1.807) is 26.2 Å². The molecule has 7 heteroatoms. The van der Waals surface area contributed by atoms with Crippen molar-refractivity contribution < 1.29 is 33.3 Å². The molecule has 0 radical (unpaired) electrons. The van der Waals surface area contributed by atoms with Gasteiger partial charge in [0.15, 0.2) is 12.4 Å². The van der Waals surface area contributed by atoms with Crippen molar-refractivity contribution in [3.05, 3.63) is 64.7 Å². The average Bonchev–Trinajstić information content (AvgIpc) is 2.84. The molecule has 0 saturated carbocycles. The first-order valence-corrected chi connectivity index (χ1v) is 10.9. The molecule has 0 unspecified atom stereocenters. The quantitative estimate of drug-likeness (QED) is 0.186. The molecule has 0 spiro atoms. The van der Waals surface area contributed by atoms with Crippen molar-refractivity contribution in [2.24, 2.45) is 0 Å². The van der Waals surface area contributed by atoms with Crippen molar-refractivity contribution >= 4 is 17.8 Å². The van der Waals surface area contributed by atoms with E-state index in [2.05, 4.69) is 0 Å². The van der Waals surface area contributed by atoms with Gasteiger partial charge >= 0.3 is 5.97 Å². The van der Waals surface area contributed by atoms with Crippen LogP contribution in [0.3, 0.4) is 0 Å². The highest BCUT2D eigenvalue weighted by Gasteiger charge is 2.25. The molecule has 0 aliphatic rings. The van der Waals surface area contributed by atoms with Gasteiger partial charge in [0.2, 0.25) is 0 Å². The number of hydrogen-bond donors (Lipinski definition) is 0. The molecule has 0 aliphatic carbocycles. The molecule has 2 aromatic rings. The third-order valence-corrected chi connectivity index (χ3v) is 4.89. The molecule has 0 aliphatic heterocycles. The van der Waals surface area contributed by atoms with Gasteiger partial charge in [-0.15, -0.1) is 0 Å². The Kier molecular flexibility index (Phi) is 10.2. The summed E-state index contributed by atoms with van der Waals surface area (Å²) in [4.78, 5) is 25.4. The predicted octanol–water partition coefficient (Wildman–Crippen LogP) is 5.06. The van der Waals surface area contributed by atoms with Crippen LogP contribution in [-0.2, 0) is 16.0 Å². The highest BCUT2D eigenvalue weighted by atomic mass is 16.6. The number of carbonyl (C=O) groups is 2. The predicted molar refractivity (Wildman–Crippen MR) is 131 cm³/mol. The molecule has 0 atom stereocenters. The zero-order valence-electron chi connectivity index (χ0n) is 20.6. The van der Waals surface area contributed by atoms with Crippen LogP contribution in [0.25, 0.3) is 6.08 Å². The van der Waals surface area contributed by atoms with Gasteiger partial charge in [0.05, 0.1) is 27.9 Å². The maximum atomic E-state index is 13.4. The Bertz CT molecular complexity index is 1050. The molecule has 0 saturated heterocycles. The van der Waals surface area contributed by atoms with E-state index in [1.165, 1.54) is 20.3 Å². The van der Waals surface area contributed by atoms with E-state index in [4.69, 9.17) is 23.7 Å². The number of carbonyl (C=O) groups excluding carboxylic acids is 2. The van der Waals surface area contributed by atoms with E-state index >= 15 is 0 Å². The van der Waals surface area contributed by atoms with Gasteiger partial charge in [-0.05, 0) is 51.0 Å². The number of methoxy groups -OCH3 is 3. The largest absolute Gasteiger partial charge is 0.497 e. The Labute approximate surface area is 200 Å². The summed E-state index contributed by atoms with van der Waals surface area (Å²) >= 11 is 0. The summed E-state index contributed by atoms with van der Waals surface area (Å²) in [5.41, 5.74) is 2.74. The minimum absolute atomic E-state index is 0.203. The monoisotopic (exact) mass is 468 g/mol. The van der Waals surface area contributed by atoms with Gasteiger partial charge in [0.1, 0.15) is 28.6 Å². The average molecular weight is 469 g/mol. The molecule has 0 amide bonds. The van der Waals surface area contributed by atoms with Gasteiger partial charge in [-0.2, -0.15) is 0 Å². The zero-order valence-corrected chi connectivity index (χ0v) is 20.6. The van der Waals surface area contributed by atoms with Crippen molar-refractivity contribution in [1.29, 1.82) is 0 Å². The first-order valence-electron chi connectivity index (χ1n) is 10.9. The van der Waals surface area contributed by atoms with Gasteiger partial charge in [0.25, 0.3) is 0 Å². The maximum absolute atomic E-state index is 13.4. The summed E-state index contributed by atoms with van der Waals surface area (Å²) in [6, 6.07) is 8.95. The van der Waals surface area contributed by atoms with Crippen LogP contribution in [-0.4, -0.2) is 46.3 Å². The van der Waals surface area contributed by atoms with Crippen LogP contribution in [0.4, 0.5) is 0 Å². The molecule has 0 aromatic heterocycles. The van der Waals surface area contributed by atoms with Crippen molar-refractivity contribution in [1.82, 2.24) is 0 Å². The minimum Gasteiger partial charge on any atom is -0.497 e. The normalized spacial score (nSPS) is 10.5. The van der Waals surface area contributed by atoms with Crippen molar-refractivity contribution in [2.75, 3.05) is 34.5 Å². The molecule has 7 nitrogen and oxygen atoms in total. The van der Waals surface area contributed by atoms with Crippen molar-refractivity contribution in [2.45, 2.75) is 27.2 Å². The smallest absolute Gasteiger partial charge is 0.344 e. The molecule has 34 heavy (non-hydrogen) atoms. The fourth-order valence-corrected chi connectivity index (χ4v) is 3.19. The second kappa shape index (κ2) is 13.1. The first kappa shape index (κ1) is 26.5. The summed E-state index contributed by atoms with van der Waals surface area (Å²) < 4.78 is 27.1. The lowest BCUT2D eigenvalue weighted by atomic mass is 9.98. The molecular formula is C27H32O7. The topological polar surface area (TPSA) is 80.3 Å². The Hall–Kier alpha value is -3.74. The Morgan fingerprint density at radius 2 is 1.62 bits per heavy atom. The lowest BCUT2D eigenvalue weighted by Crippen LogP contribution is -2.17. The second-order valence-corrected chi connectivity index (χ2v) is 7.51. The number of hydrogen-bond acceptors (Lipinski definition) is 7. The van der Waals surface area contributed by atoms with Crippen molar-refractivity contribution in [3.8, 4) is 23.0 Å². The summed E-state index contributed by atoms with van der Waals surface area (Å²) in [5.74, 6) is 0.840. The summed E-state index contributed by atoms with van der Waals surface area (Å²) in [7, 11) is 4.58. The number of allylic oxidation sites excluding steroid dienone is 3.